The third-order valence-corrected chi connectivity index (χ3v) is 2.65. The third kappa shape index (κ3) is 1.33. The summed E-state index contributed by atoms with van der Waals surface area (Å²) in [7, 11) is 0. The molecule has 0 unspecified atom stereocenters. The lowest BCUT2D eigenvalue weighted by Gasteiger charge is -2.07. The summed E-state index contributed by atoms with van der Waals surface area (Å²) < 4.78 is 0. The van der Waals surface area contributed by atoms with Crippen molar-refractivity contribution in [1.29, 1.82) is 0 Å². The van der Waals surface area contributed by atoms with Gasteiger partial charge in [-0.05, 0) is 28.3 Å². The zero-order chi connectivity index (χ0) is 9.97. The molecular formula is C14H14. The van der Waals surface area contributed by atoms with Crippen LogP contribution in [0.2, 0.25) is 0 Å². The van der Waals surface area contributed by atoms with E-state index in [1.54, 1.807) is 0 Å². The molecule has 0 fully saturated rings. The van der Waals surface area contributed by atoms with E-state index in [1.807, 2.05) is 6.08 Å². The fraction of sp³-hybridized carbons (Fsp3) is 0.143. The molecule has 0 bridgehead atoms. The van der Waals surface area contributed by atoms with Crippen LogP contribution in [0.5, 0.6) is 0 Å². The van der Waals surface area contributed by atoms with E-state index >= 15 is 0 Å². The number of benzene rings is 2. The molecule has 0 aliphatic carbocycles. The van der Waals surface area contributed by atoms with Gasteiger partial charge in [-0.25, -0.2) is 0 Å². The summed E-state index contributed by atoms with van der Waals surface area (Å²) in [6, 6.07) is 12.8. The monoisotopic (exact) mass is 182 g/mol. The fourth-order valence-corrected chi connectivity index (χ4v) is 1.89. The van der Waals surface area contributed by atoms with E-state index in [1.165, 1.54) is 21.9 Å². The highest BCUT2D eigenvalue weighted by Crippen LogP contribution is 2.23. The Labute approximate surface area is 84.9 Å². The lowest BCUT2D eigenvalue weighted by molar-refractivity contribution is 1.14. The van der Waals surface area contributed by atoms with Crippen LogP contribution < -0.4 is 0 Å². The van der Waals surface area contributed by atoms with Crippen LogP contribution in [-0.2, 0) is 6.42 Å². The molecule has 70 valence electrons. The average Bonchev–Trinajstić information content (AvgIpc) is 2.27. The summed E-state index contributed by atoms with van der Waals surface area (Å²) in [5, 5.41) is 2.60. The molecule has 0 amide bonds. The zero-order valence-corrected chi connectivity index (χ0v) is 8.46. The minimum absolute atomic E-state index is 1.06. The van der Waals surface area contributed by atoms with Crippen LogP contribution in [0.4, 0.5) is 0 Å². The van der Waals surface area contributed by atoms with Crippen LogP contribution in [0.25, 0.3) is 16.8 Å². The first kappa shape index (κ1) is 9.01. The van der Waals surface area contributed by atoms with Crippen molar-refractivity contribution in [2.45, 2.75) is 13.3 Å². The molecule has 0 aliphatic heterocycles. The van der Waals surface area contributed by atoms with Gasteiger partial charge in [0.2, 0.25) is 0 Å². The molecule has 0 atom stereocenters. The second-order valence-corrected chi connectivity index (χ2v) is 3.42. The highest BCUT2D eigenvalue weighted by atomic mass is 14.1. The van der Waals surface area contributed by atoms with E-state index < -0.39 is 0 Å². The van der Waals surface area contributed by atoms with Crippen LogP contribution in [-0.4, -0.2) is 0 Å². The molecule has 0 spiro atoms. The number of hydrogen-bond acceptors (Lipinski definition) is 0. The quantitative estimate of drug-likeness (QED) is 0.657. The molecule has 2 aromatic rings. The van der Waals surface area contributed by atoms with E-state index in [0.29, 0.717) is 0 Å². The molecule has 2 rings (SSSR count). The lowest BCUT2D eigenvalue weighted by atomic mass is 9.98. The van der Waals surface area contributed by atoms with Gasteiger partial charge in [-0.3, -0.25) is 0 Å². The summed E-state index contributed by atoms with van der Waals surface area (Å²) in [5.74, 6) is 0. The second kappa shape index (κ2) is 3.67. The first-order chi connectivity index (χ1) is 6.86. The molecule has 0 radical (unpaired) electrons. The SMILES string of the molecule is C=Cc1c(CC)ccc2ccccc12. The van der Waals surface area contributed by atoms with Crippen molar-refractivity contribution in [3.05, 3.63) is 54.1 Å². The van der Waals surface area contributed by atoms with E-state index in [9.17, 15) is 0 Å². The molecule has 0 nitrogen and oxygen atoms in total. The standard InChI is InChI=1S/C14H14/c1-3-11-9-10-12-7-5-6-8-14(12)13(11)4-2/h4-10H,2-3H2,1H3. The zero-order valence-electron chi connectivity index (χ0n) is 8.46. The van der Waals surface area contributed by atoms with Crippen molar-refractivity contribution in [2.75, 3.05) is 0 Å². The third-order valence-electron chi connectivity index (χ3n) is 2.65. The molecular weight excluding hydrogens is 168 g/mol. The van der Waals surface area contributed by atoms with Crippen molar-refractivity contribution < 1.29 is 0 Å². The van der Waals surface area contributed by atoms with Crippen LogP contribution in [0.3, 0.4) is 0 Å². The van der Waals surface area contributed by atoms with Crippen molar-refractivity contribution in [3.63, 3.8) is 0 Å². The van der Waals surface area contributed by atoms with Gasteiger partial charge >= 0.3 is 0 Å². The minimum atomic E-state index is 1.06. The summed E-state index contributed by atoms with van der Waals surface area (Å²) in [6.07, 6.45) is 3.02. The minimum Gasteiger partial charge on any atom is -0.0984 e. The summed E-state index contributed by atoms with van der Waals surface area (Å²) >= 11 is 0. The molecule has 0 heteroatoms. The predicted molar refractivity (Wildman–Crippen MR) is 63.4 cm³/mol. The Morgan fingerprint density at radius 2 is 1.93 bits per heavy atom. The summed E-state index contributed by atoms with van der Waals surface area (Å²) in [4.78, 5) is 0. The van der Waals surface area contributed by atoms with Gasteiger partial charge in [0.15, 0.2) is 0 Å². The van der Waals surface area contributed by atoms with Crippen LogP contribution in [0, 0.1) is 0 Å². The van der Waals surface area contributed by atoms with Crippen molar-refractivity contribution >= 4 is 16.8 Å². The number of aryl methyl sites for hydroxylation is 1. The van der Waals surface area contributed by atoms with E-state index in [2.05, 4.69) is 49.9 Å². The molecule has 0 saturated carbocycles. The largest absolute Gasteiger partial charge is 0.0984 e. The van der Waals surface area contributed by atoms with Gasteiger partial charge in [-0.15, -0.1) is 0 Å². The maximum absolute atomic E-state index is 3.89. The van der Waals surface area contributed by atoms with Crippen LogP contribution in [0.1, 0.15) is 18.1 Å². The normalized spacial score (nSPS) is 10.4. The maximum atomic E-state index is 3.89. The Balaban J connectivity index is 2.83. The molecule has 14 heavy (non-hydrogen) atoms. The molecule has 2 aromatic carbocycles. The Bertz CT molecular complexity index is 466. The van der Waals surface area contributed by atoms with Gasteiger partial charge in [0.1, 0.15) is 0 Å². The van der Waals surface area contributed by atoms with Crippen LogP contribution >= 0.6 is 0 Å². The van der Waals surface area contributed by atoms with Crippen LogP contribution in [0.15, 0.2) is 43.0 Å². The topological polar surface area (TPSA) is 0 Å². The predicted octanol–water partition coefficient (Wildman–Crippen LogP) is 4.05. The Morgan fingerprint density at radius 3 is 2.64 bits per heavy atom. The maximum Gasteiger partial charge on any atom is -0.0109 e. The summed E-state index contributed by atoms with van der Waals surface area (Å²) in [5.41, 5.74) is 2.66. The van der Waals surface area contributed by atoms with Gasteiger partial charge in [0.05, 0.1) is 0 Å². The highest BCUT2D eigenvalue weighted by Gasteiger charge is 2.01. The van der Waals surface area contributed by atoms with E-state index in [4.69, 9.17) is 0 Å². The molecule has 0 heterocycles. The molecule has 0 N–H and O–H groups in total. The molecule has 0 aliphatic rings. The van der Waals surface area contributed by atoms with Gasteiger partial charge < -0.3 is 0 Å². The first-order valence-electron chi connectivity index (χ1n) is 5.00. The van der Waals surface area contributed by atoms with Crippen molar-refractivity contribution in [2.24, 2.45) is 0 Å². The first-order valence-corrected chi connectivity index (χ1v) is 5.00. The average molecular weight is 182 g/mol. The second-order valence-electron chi connectivity index (χ2n) is 3.42. The Hall–Kier alpha value is -1.56. The number of hydrogen-bond donors (Lipinski definition) is 0. The lowest BCUT2D eigenvalue weighted by Crippen LogP contribution is -1.87. The fourth-order valence-electron chi connectivity index (χ4n) is 1.89. The van der Waals surface area contributed by atoms with Crippen molar-refractivity contribution in [3.8, 4) is 0 Å². The Morgan fingerprint density at radius 1 is 1.14 bits per heavy atom. The van der Waals surface area contributed by atoms with Crippen molar-refractivity contribution in [1.82, 2.24) is 0 Å². The van der Waals surface area contributed by atoms with Gasteiger partial charge in [-0.1, -0.05) is 56.0 Å². The Kier molecular flexibility index (Phi) is 2.36. The highest BCUT2D eigenvalue weighted by molar-refractivity contribution is 5.91. The summed E-state index contributed by atoms with van der Waals surface area (Å²) in [6.45, 7) is 6.07. The van der Waals surface area contributed by atoms with E-state index in [-0.39, 0.29) is 0 Å². The number of fused-ring (bicyclic) bond motifs is 1. The van der Waals surface area contributed by atoms with E-state index in [0.717, 1.165) is 6.42 Å². The van der Waals surface area contributed by atoms with Gasteiger partial charge in [-0.2, -0.15) is 0 Å². The molecule has 0 aromatic heterocycles. The number of rotatable bonds is 2. The smallest absolute Gasteiger partial charge is 0.0109 e. The molecule has 0 saturated heterocycles. The van der Waals surface area contributed by atoms with Gasteiger partial charge in [0, 0.05) is 0 Å². The van der Waals surface area contributed by atoms with Gasteiger partial charge in [0.25, 0.3) is 0 Å².